The van der Waals surface area contributed by atoms with E-state index < -0.39 is 21.9 Å². The second-order valence-corrected chi connectivity index (χ2v) is 10.5. The number of para-hydroxylation sites is 1. The van der Waals surface area contributed by atoms with Crippen molar-refractivity contribution in [2.75, 3.05) is 5.32 Å². The molecule has 0 unspecified atom stereocenters. The predicted molar refractivity (Wildman–Crippen MR) is 156 cm³/mol. The average molecular weight is 565 g/mol. The molecule has 10 nitrogen and oxygen atoms in total. The Hall–Kier alpha value is -5.55. The lowest BCUT2D eigenvalue weighted by Gasteiger charge is -2.10. The smallest absolute Gasteiger partial charge is 0.285 e. The first-order valence-electron chi connectivity index (χ1n) is 12.4. The number of nitrogens with zero attached hydrogens (tertiary/aromatic N) is 3. The summed E-state index contributed by atoms with van der Waals surface area (Å²) < 4.78 is 29.4. The van der Waals surface area contributed by atoms with Gasteiger partial charge in [-0.1, -0.05) is 78.9 Å². The summed E-state index contributed by atoms with van der Waals surface area (Å²) in [4.78, 5) is 27.5. The first kappa shape index (κ1) is 27.0. The van der Waals surface area contributed by atoms with Crippen molar-refractivity contribution >= 4 is 33.4 Å². The van der Waals surface area contributed by atoms with Crippen LogP contribution in [0, 0.1) is 0 Å². The van der Waals surface area contributed by atoms with Crippen molar-refractivity contribution in [3.05, 3.63) is 132 Å². The van der Waals surface area contributed by atoms with Crippen LogP contribution in [0.3, 0.4) is 0 Å². The molecule has 5 N–H and O–H groups in total. The highest BCUT2D eigenvalue weighted by Crippen LogP contribution is 2.32. The van der Waals surface area contributed by atoms with E-state index >= 15 is 0 Å². The van der Waals surface area contributed by atoms with Crippen LogP contribution in [-0.4, -0.2) is 35.8 Å². The molecule has 0 fully saturated rings. The zero-order valence-corrected chi connectivity index (χ0v) is 22.3. The van der Waals surface area contributed by atoms with Crippen molar-refractivity contribution in [2.24, 2.45) is 15.9 Å². The van der Waals surface area contributed by atoms with Gasteiger partial charge in [-0.25, -0.2) is 4.68 Å². The number of nitrogens with one attached hydrogen (secondary N) is 1. The zero-order valence-electron chi connectivity index (χ0n) is 21.5. The molecule has 4 aromatic carbocycles. The molecule has 0 aliphatic carbocycles. The SMILES string of the molecule is NC(N)=NS(=O)(=O)c1ccc(NC(=O)c2nn(-c3ccccc3)c(-c3ccccc3)c2C(=O)c2ccccc2)cc1. The van der Waals surface area contributed by atoms with Gasteiger partial charge in [0.25, 0.3) is 15.9 Å². The van der Waals surface area contributed by atoms with Crippen molar-refractivity contribution in [1.82, 2.24) is 9.78 Å². The Bertz CT molecular complexity index is 1850. The number of carbonyl (C=O) groups is 2. The molecule has 0 bridgehead atoms. The van der Waals surface area contributed by atoms with Crippen molar-refractivity contribution in [1.29, 1.82) is 0 Å². The van der Waals surface area contributed by atoms with Crippen molar-refractivity contribution in [3.63, 3.8) is 0 Å². The Morgan fingerprint density at radius 3 is 1.90 bits per heavy atom. The Morgan fingerprint density at radius 1 is 0.756 bits per heavy atom. The monoisotopic (exact) mass is 564 g/mol. The molecule has 0 radical (unpaired) electrons. The molecule has 0 saturated heterocycles. The Morgan fingerprint density at radius 2 is 1.32 bits per heavy atom. The summed E-state index contributed by atoms with van der Waals surface area (Å²) in [5.74, 6) is -1.63. The number of guanidine groups is 1. The summed E-state index contributed by atoms with van der Waals surface area (Å²) >= 11 is 0. The molecule has 204 valence electrons. The van der Waals surface area contributed by atoms with Gasteiger partial charge in [0, 0.05) is 16.8 Å². The van der Waals surface area contributed by atoms with Gasteiger partial charge < -0.3 is 16.8 Å². The first-order valence-corrected chi connectivity index (χ1v) is 13.8. The van der Waals surface area contributed by atoms with E-state index in [1.807, 2.05) is 60.7 Å². The van der Waals surface area contributed by atoms with E-state index in [0.29, 0.717) is 22.5 Å². The van der Waals surface area contributed by atoms with Crippen LogP contribution in [0.1, 0.15) is 26.4 Å². The number of carbonyl (C=O) groups excluding carboxylic acids is 2. The molecule has 0 aliphatic rings. The number of hydrogen-bond acceptors (Lipinski definition) is 5. The third kappa shape index (κ3) is 5.75. The molecule has 0 aliphatic heterocycles. The van der Waals surface area contributed by atoms with Crippen molar-refractivity contribution < 1.29 is 18.0 Å². The lowest BCUT2D eigenvalue weighted by molar-refractivity contribution is 0.0993. The minimum Gasteiger partial charge on any atom is -0.369 e. The molecule has 5 aromatic rings. The van der Waals surface area contributed by atoms with E-state index in [2.05, 4.69) is 14.8 Å². The molecular weight excluding hydrogens is 540 g/mol. The third-order valence-corrected chi connectivity index (χ3v) is 7.37. The van der Waals surface area contributed by atoms with E-state index in [1.165, 1.54) is 24.3 Å². The number of sulfonamides is 1. The van der Waals surface area contributed by atoms with E-state index in [9.17, 15) is 18.0 Å². The first-order chi connectivity index (χ1) is 19.7. The van der Waals surface area contributed by atoms with E-state index in [0.717, 1.165) is 0 Å². The van der Waals surface area contributed by atoms with E-state index in [1.54, 1.807) is 35.0 Å². The summed E-state index contributed by atoms with van der Waals surface area (Å²) in [5, 5.41) is 7.35. The molecule has 5 rings (SSSR count). The molecule has 1 amide bonds. The van der Waals surface area contributed by atoms with Gasteiger partial charge in [-0.05, 0) is 36.4 Å². The van der Waals surface area contributed by atoms with E-state index in [4.69, 9.17) is 11.5 Å². The molecule has 0 atom stereocenters. The Kier molecular flexibility index (Phi) is 7.44. The fraction of sp³-hybridized carbons (Fsp3) is 0. The van der Waals surface area contributed by atoms with Gasteiger partial charge >= 0.3 is 0 Å². The third-order valence-electron chi connectivity index (χ3n) is 6.05. The van der Waals surface area contributed by atoms with Gasteiger partial charge in [0.15, 0.2) is 11.5 Å². The molecule has 11 heteroatoms. The topological polar surface area (TPSA) is 163 Å². The van der Waals surface area contributed by atoms with Crippen LogP contribution in [0.5, 0.6) is 0 Å². The summed E-state index contributed by atoms with van der Waals surface area (Å²) in [6, 6.07) is 32.3. The molecule has 1 aromatic heterocycles. The van der Waals surface area contributed by atoms with Gasteiger partial charge in [0.2, 0.25) is 5.96 Å². The van der Waals surface area contributed by atoms with Crippen LogP contribution in [0.15, 0.2) is 125 Å². The lowest BCUT2D eigenvalue weighted by atomic mass is 9.97. The fourth-order valence-electron chi connectivity index (χ4n) is 4.24. The number of hydrogen-bond donors (Lipinski definition) is 3. The minimum absolute atomic E-state index is 0.0984. The maximum absolute atomic E-state index is 14.0. The van der Waals surface area contributed by atoms with Crippen LogP contribution in [-0.2, 0) is 10.0 Å². The van der Waals surface area contributed by atoms with Gasteiger partial charge in [0.05, 0.1) is 21.8 Å². The second-order valence-electron chi connectivity index (χ2n) is 8.85. The average Bonchev–Trinajstić information content (AvgIpc) is 3.39. The molecule has 0 spiro atoms. The summed E-state index contributed by atoms with van der Waals surface area (Å²) in [7, 11) is -4.10. The number of rotatable bonds is 8. The highest BCUT2D eigenvalue weighted by Gasteiger charge is 2.30. The highest BCUT2D eigenvalue weighted by atomic mass is 32.2. The standard InChI is InChI=1S/C30H24N6O4S/c31-30(32)35-41(39,40)24-18-16-22(17-19-24)33-29(38)26-25(28(37)21-12-6-2-7-13-21)27(20-10-4-1-5-11-20)36(34-26)23-14-8-3-9-15-23/h1-19H,(H,33,38)(H4,31,32,35). The number of nitrogens with two attached hydrogens (primary N) is 2. The quantitative estimate of drug-likeness (QED) is 0.146. The zero-order chi connectivity index (χ0) is 29.0. The minimum atomic E-state index is -4.10. The van der Waals surface area contributed by atoms with Gasteiger partial charge in [-0.3, -0.25) is 9.59 Å². The number of ketones is 1. The second kappa shape index (κ2) is 11.3. The van der Waals surface area contributed by atoms with E-state index in [-0.39, 0.29) is 27.6 Å². The summed E-state index contributed by atoms with van der Waals surface area (Å²) in [6.07, 6.45) is 0. The van der Waals surface area contributed by atoms with Crippen molar-refractivity contribution in [3.8, 4) is 16.9 Å². The predicted octanol–water partition coefficient (Wildman–Crippen LogP) is 3.98. The van der Waals surface area contributed by atoms with Crippen LogP contribution in [0.4, 0.5) is 5.69 Å². The largest absolute Gasteiger partial charge is 0.369 e. The highest BCUT2D eigenvalue weighted by molar-refractivity contribution is 7.90. The van der Waals surface area contributed by atoms with Gasteiger partial charge in [-0.15, -0.1) is 4.40 Å². The Labute approximate surface area is 236 Å². The number of anilines is 1. The van der Waals surface area contributed by atoms with Crippen molar-refractivity contribution in [2.45, 2.75) is 4.90 Å². The maximum atomic E-state index is 14.0. The number of amides is 1. The number of aromatic nitrogens is 2. The number of benzene rings is 4. The van der Waals surface area contributed by atoms with Crippen LogP contribution >= 0.6 is 0 Å². The van der Waals surface area contributed by atoms with Gasteiger partial charge in [-0.2, -0.15) is 13.5 Å². The van der Waals surface area contributed by atoms with Crippen LogP contribution < -0.4 is 16.8 Å². The van der Waals surface area contributed by atoms with Gasteiger partial charge in [0.1, 0.15) is 0 Å². The van der Waals surface area contributed by atoms with Crippen LogP contribution in [0.2, 0.25) is 0 Å². The molecule has 41 heavy (non-hydrogen) atoms. The Balaban J connectivity index is 1.63. The fourth-order valence-corrected chi connectivity index (χ4v) is 5.10. The molecule has 0 saturated carbocycles. The maximum Gasteiger partial charge on any atom is 0.285 e. The summed E-state index contributed by atoms with van der Waals surface area (Å²) in [5.41, 5.74) is 12.9. The normalized spacial score (nSPS) is 11.0. The van der Waals surface area contributed by atoms with Crippen LogP contribution in [0.25, 0.3) is 16.9 Å². The molecule has 1 heterocycles. The lowest BCUT2D eigenvalue weighted by Crippen LogP contribution is -2.24. The summed E-state index contributed by atoms with van der Waals surface area (Å²) in [6.45, 7) is 0. The molecular formula is C30H24N6O4S.